The zero-order valence-corrected chi connectivity index (χ0v) is 27.5. The summed E-state index contributed by atoms with van der Waals surface area (Å²) in [6.07, 6.45) is 6.63. The fourth-order valence-electron chi connectivity index (χ4n) is 5.60. The van der Waals surface area contributed by atoms with E-state index in [1.165, 1.54) is 18.4 Å². The van der Waals surface area contributed by atoms with Crippen LogP contribution in [0.25, 0.3) is 10.8 Å². The molecule has 13 nitrogen and oxygen atoms in total. The molecule has 0 radical (unpaired) electrons. The lowest BCUT2D eigenvalue weighted by Crippen LogP contribution is -2.46. The van der Waals surface area contributed by atoms with Crippen LogP contribution in [0.1, 0.15) is 55.1 Å². The number of hydrogen-bond donors (Lipinski definition) is 2. The summed E-state index contributed by atoms with van der Waals surface area (Å²) in [5.41, 5.74) is 0.0299. The van der Waals surface area contributed by atoms with Crippen molar-refractivity contribution >= 4 is 35.0 Å². The van der Waals surface area contributed by atoms with Gasteiger partial charge in [-0.05, 0) is 55.9 Å². The van der Waals surface area contributed by atoms with Crippen LogP contribution in [-0.2, 0) is 25.5 Å². The van der Waals surface area contributed by atoms with Crippen molar-refractivity contribution in [1.29, 1.82) is 0 Å². The monoisotopic (exact) mass is 664 g/mol. The van der Waals surface area contributed by atoms with Gasteiger partial charge in [-0.3, -0.25) is 19.2 Å². The van der Waals surface area contributed by atoms with Crippen LogP contribution in [0.2, 0.25) is 0 Å². The van der Waals surface area contributed by atoms with Gasteiger partial charge in [0.05, 0.1) is 19.1 Å². The van der Waals surface area contributed by atoms with Crippen molar-refractivity contribution in [2.75, 3.05) is 46.5 Å². The summed E-state index contributed by atoms with van der Waals surface area (Å²) in [7, 11) is 1.51. The molecule has 1 aliphatic carbocycles. The highest BCUT2D eigenvalue weighted by molar-refractivity contribution is 7.13. The zero-order valence-electron chi connectivity index (χ0n) is 26.7. The van der Waals surface area contributed by atoms with Crippen LogP contribution < -0.4 is 20.1 Å². The SMILES string of the molecule is CCOC(=O)C1(CC2CC2)CNC(=O)CCCN(C(=O)c2csc(-c3ncccn3)n2)CCNC(=O)COc2cc(ccc2OC)C1. The Labute approximate surface area is 277 Å². The Morgan fingerprint density at radius 3 is 2.68 bits per heavy atom. The molecule has 47 heavy (non-hydrogen) atoms. The van der Waals surface area contributed by atoms with Crippen LogP contribution in [0.4, 0.5) is 0 Å². The van der Waals surface area contributed by atoms with E-state index in [1.807, 2.05) is 6.07 Å². The summed E-state index contributed by atoms with van der Waals surface area (Å²) in [5.74, 6) is 0.274. The Morgan fingerprint density at radius 2 is 1.94 bits per heavy atom. The van der Waals surface area contributed by atoms with E-state index in [-0.39, 0.29) is 75.2 Å². The molecule has 0 saturated heterocycles. The second-order valence-electron chi connectivity index (χ2n) is 11.7. The van der Waals surface area contributed by atoms with Crippen molar-refractivity contribution in [2.45, 2.75) is 45.4 Å². The second kappa shape index (κ2) is 15.8. The number of methoxy groups -OCH3 is 1. The second-order valence-corrected chi connectivity index (χ2v) is 12.6. The third-order valence-electron chi connectivity index (χ3n) is 8.14. The highest BCUT2D eigenvalue weighted by Crippen LogP contribution is 2.43. The maximum absolute atomic E-state index is 13.6. The minimum atomic E-state index is -0.992. The number of thiazole rings is 1. The number of esters is 1. The van der Waals surface area contributed by atoms with Crippen molar-refractivity contribution < 1.29 is 33.4 Å². The van der Waals surface area contributed by atoms with Crippen molar-refractivity contribution in [3.63, 3.8) is 0 Å². The number of amides is 3. The number of carbonyl (C=O) groups excluding carboxylic acids is 4. The molecule has 1 saturated carbocycles. The molecule has 2 aromatic heterocycles. The van der Waals surface area contributed by atoms with E-state index in [4.69, 9.17) is 14.2 Å². The molecule has 3 heterocycles. The predicted molar refractivity (Wildman–Crippen MR) is 173 cm³/mol. The normalized spacial score (nSPS) is 19.7. The van der Waals surface area contributed by atoms with E-state index in [0.29, 0.717) is 47.5 Å². The van der Waals surface area contributed by atoms with Gasteiger partial charge in [-0.2, -0.15) is 0 Å². The highest BCUT2D eigenvalue weighted by atomic mass is 32.1. The Morgan fingerprint density at radius 1 is 1.13 bits per heavy atom. The number of nitrogens with one attached hydrogen (secondary N) is 2. The number of nitrogens with zero attached hydrogens (tertiary/aromatic N) is 4. The van der Waals surface area contributed by atoms with Crippen molar-refractivity contribution in [3.8, 4) is 22.3 Å². The summed E-state index contributed by atoms with van der Waals surface area (Å²) < 4.78 is 16.9. The minimum Gasteiger partial charge on any atom is -0.493 e. The molecule has 250 valence electrons. The molecule has 1 aromatic carbocycles. The quantitative estimate of drug-likeness (QED) is 0.359. The van der Waals surface area contributed by atoms with Crippen LogP contribution in [0.15, 0.2) is 42.0 Å². The molecule has 3 amide bonds. The Balaban J connectivity index is 1.37. The van der Waals surface area contributed by atoms with Gasteiger partial charge < -0.3 is 29.7 Å². The van der Waals surface area contributed by atoms with E-state index >= 15 is 0 Å². The average molecular weight is 665 g/mol. The van der Waals surface area contributed by atoms with Crippen LogP contribution >= 0.6 is 11.3 Å². The van der Waals surface area contributed by atoms with Gasteiger partial charge >= 0.3 is 5.97 Å². The van der Waals surface area contributed by atoms with Gasteiger partial charge in [0.1, 0.15) is 5.69 Å². The van der Waals surface area contributed by atoms with Gasteiger partial charge in [0.15, 0.2) is 28.9 Å². The summed E-state index contributed by atoms with van der Waals surface area (Å²) in [6, 6.07) is 7.06. The van der Waals surface area contributed by atoms with E-state index < -0.39 is 5.41 Å². The van der Waals surface area contributed by atoms with Crippen LogP contribution in [0.5, 0.6) is 11.5 Å². The maximum atomic E-state index is 13.6. The summed E-state index contributed by atoms with van der Waals surface area (Å²) in [6.45, 7) is 2.42. The van der Waals surface area contributed by atoms with Gasteiger partial charge in [0, 0.05) is 50.4 Å². The summed E-state index contributed by atoms with van der Waals surface area (Å²) >= 11 is 1.26. The highest BCUT2D eigenvalue weighted by Gasteiger charge is 2.45. The third-order valence-corrected chi connectivity index (χ3v) is 8.98. The molecule has 1 fully saturated rings. The fraction of sp³-hybridized carbons (Fsp3) is 0.485. The molecule has 3 aromatic rings. The van der Waals surface area contributed by atoms with E-state index in [9.17, 15) is 19.2 Å². The number of benzene rings is 1. The number of hydrogen-bond acceptors (Lipinski definition) is 11. The van der Waals surface area contributed by atoms with Gasteiger partial charge in [-0.1, -0.05) is 18.9 Å². The molecule has 5 rings (SSSR count). The lowest BCUT2D eigenvalue weighted by molar-refractivity contribution is -0.156. The van der Waals surface area contributed by atoms with Crippen molar-refractivity contribution in [3.05, 3.63) is 53.3 Å². The summed E-state index contributed by atoms with van der Waals surface area (Å²) in [5, 5.41) is 7.96. The number of ether oxygens (including phenoxy) is 3. The lowest BCUT2D eigenvalue weighted by atomic mass is 9.76. The Bertz CT molecular complexity index is 1560. The summed E-state index contributed by atoms with van der Waals surface area (Å²) in [4.78, 5) is 67.5. The molecule has 1 unspecified atom stereocenters. The number of carbonyl (C=O) groups is 4. The first-order valence-corrected chi connectivity index (χ1v) is 16.7. The Hall–Kier alpha value is -4.59. The smallest absolute Gasteiger partial charge is 0.314 e. The van der Waals surface area contributed by atoms with E-state index in [2.05, 4.69) is 25.6 Å². The van der Waals surface area contributed by atoms with Crippen molar-refractivity contribution in [1.82, 2.24) is 30.5 Å². The zero-order chi connectivity index (χ0) is 33.2. The largest absolute Gasteiger partial charge is 0.493 e. The van der Waals surface area contributed by atoms with Crippen molar-refractivity contribution in [2.24, 2.45) is 11.3 Å². The van der Waals surface area contributed by atoms with Crippen LogP contribution in [0, 0.1) is 11.3 Å². The topological polar surface area (TPSA) is 162 Å². The van der Waals surface area contributed by atoms with Gasteiger partial charge in [0.2, 0.25) is 5.91 Å². The lowest BCUT2D eigenvalue weighted by Gasteiger charge is -2.32. The number of fused-ring (bicyclic) bond motifs is 2. The fourth-order valence-corrected chi connectivity index (χ4v) is 6.34. The molecule has 2 aliphatic rings. The Kier molecular flexibility index (Phi) is 11.4. The molecule has 1 atom stereocenters. The number of aromatic nitrogens is 3. The molecule has 2 bridgehead atoms. The van der Waals surface area contributed by atoms with E-state index in [0.717, 1.165) is 18.4 Å². The predicted octanol–water partition coefficient (Wildman–Crippen LogP) is 3.05. The maximum Gasteiger partial charge on any atom is 0.314 e. The van der Waals surface area contributed by atoms with Gasteiger partial charge in [-0.15, -0.1) is 11.3 Å². The van der Waals surface area contributed by atoms with E-state index in [1.54, 1.807) is 47.8 Å². The standard InChI is InChI=1S/C33H40N6O7S/c1-3-45-32(43)33(17-22-7-8-22)18-23-9-10-25(44-2)26(16-23)46-19-28(41)34-13-15-39(14-4-6-27(40)37-21-33)31(42)24-20-47-30(38-24)29-35-11-5-12-36-29/h5,9-12,16,20,22H,3-4,6-8,13-15,17-19,21H2,1-2H3,(H,34,41)(H,37,40). The molecule has 14 heteroatoms. The number of rotatable bonds is 7. The average Bonchev–Trinajstić information content (AvgIpc) is 3.75. The minimum absolute atomic E-state index is 0.109. The first kappa shape index (κ1) is 33.8. The third kappa shape index (κ3) is 9.03. The molecule has 0 spiro atoms. The van der Waals surface area contributed by atoms with Crippen LogP contribution in [0.3, 0.4) is 0 Å². The molecule has 1 aliphatic heterocycles. The first-order valence-electron chi connectivity index (χ1n) is 15.8. The van der Waals surface area contributed by atoms with Crippen LogP contribution in [-0.4, -0.2) is 90.0 Å². The van der Waals surface area contributed by atoms with Gasteiger partial charge in [-0.25, -0.2) is 15.0 Å². The molecule has 2 N–H and O–H groups in total. The molecular weight excluding hydrogens is 624 g/mol. The van der Waals surface area contributed by atoms with Gasteiger partial charge in [0.25, 0.3) is 11.8 Å². The molecular formula is C33H40N6O7S. The first-order chi connectivity index (χ1) is 22.8.